The van der Waals surface area contributed by atoms with Crippen molar-refractivity contribution < 1.29 is 23.1 Å². The maximum Gasteiger partial charge on any atom is 0.255 e. The zero-order valence-electron chi connectivity index (χ0n) is 21.0. The van der Waals surface area contributed by atoms with Gasteiger partial charge in [0.25, 0.3) is 5.91 Å². The van der Waals surface area contributed by atoms with Crippen molar-refractivity contribution in [1.82, 2.24) is 24.2 Å². The van der Waals surface area contributed by atoms with Crippen LogP contribution in [0.25, 0.3) is 11.0 Å². The Morgan fingerprint density at radius 3 is 2.68 bits per heavy atom. The maximum absolute atomic E-state index is 15.0. The molecule has 0 spiro atoms. The van der Waals surface area contributed by atoms with Gasteiger partial charge in [-0.25, -0.2) is 18.4 Å². The number of benzene rings is 1. The summed E-state index contributed by atoms with van der Waals surface area (Å²) in [4.78, 5) is 30.7. The van der Waals surface area contributed by atoms with Crippen LogP contribution in [0.1, 0.15) is 53.0 Å². The van der Waals surface area contributed by atoms with Crippen molar-refractivity contribution in [3.05, 3.63) is 53.5 Å². The first-order valence-corrected chi connectivity index (χ1v) is 12.2. The minimum absolute atomic E-state index is 0.00190. The first kappa shape index (κ1) is 25.4. The number of nitrogens with one attached hydrogen (secondary N) is 1. The van der Waals surface area contributed by atoms with Gasteiger partial charge in [-0.2, -0.15) is 5.10 Å². The lowest BCUT2D eigenvalue weighted by molar-refractivity contribution is -0.127. The Bertz CT molecular complexity index is 1510. The number of nitrogens with zero attached hydrogens (tertiary/aromatic N) is 5. The lowest BCUT2D eigenvalue weighted by Gasteiger charge is -2.22. The van der Waals surface area contributed by atoms with E-state index in [0.717, 1.165) is 12.8 Å². The van der Waals surface area contributed by atoms with E-state index in [2.05, 4.69) is 33.8 Å². The highest BCUT2D eigenvalue weighted by molar-refractivity contribution is 6.00. The van der Waals surface area contributed by atoms with E-state index in [4.69, 9.17) is 10.5 Å². The standard InChI is InChI=1S/C26H27F2N7O3/c1-4-20(36)33-11-16(10-17(33)12-38-3)35-26(30-2)21(25(29)37)18(32-35)8-5-14-9-19-24(23(28)22(14)27)34(13-31-19)15-6-7-15/h4,9,13,15-17,30H,1,6-7,10-12H2,2-3H3,(H2,29,37)/t16-,17+/m0/s1. The summed E-state index contributed by atoms with van der Waals surface area (Å²) in [7, 11) is 3.15. The zero-order chi connectivity index (χ0) is 27.1. The SMILES string of the molecule is C=CC(=O)N1C[C@@H](n2nc(C#Cc3cc4ncn(C5CC5)c4c(F)c3F)c(C(N)=O)c2NC)C[C@@H]1COC. The van der Waals surface area contributed by atoms with Gasteiger partial charge in [0.2, 0.25) is 5.91 Å². The average Bonchev–Trinajstić information content (AvgIpc) is 3.34. The second kappa shape index (κ2) is 9.90. The third kappa shape index (κ3) is 4.28. The molecule has 2 fully saturated rings. The molecule has 1 saturated heterocycles. The van der Waals surface area contributed by atoms with Crippen LogP contribution in [0.3, 0.4) is 0 Å². The topological polar surface area (TPSA) is 120 Å². The Hall–Kier alpha value is -4.24. The molecular formula is C26H27F2N7O3. The molecule has 1 aliphatic heterocycles. The molecule has 38 heavy (non-hydrogen) atoms. The number of nitrogens with two attached hydrogens (primary N) is 1. The van der Waals surface area contributed by atoms with Crippen LogP contribution in [0.4, 0.5) is 14.6 Å². The molecular weight excluding hydrogens is 496 g/mol. The van der Waals surface area contributed by atoms with Crippen molar-refractivity contribution in [2.45, 2.75) is 37.4 Å². The number of likely N-dealkylation sites (tertiary alicyclic amines) is 1. The normalized spacial score (nSPS) is 18.9. The Labute approximate surface area is 217 Å². The Morgan fingerprint density at radius 2 is 2.05 bits per heavy atom. The largest absolute Gasteiger partial charge is 0.383 e. The van der Waals surface area contributed by atoms with Crippen molar-refractivity contribution in [3.8, 4) is 11.8 Å². The monoisotopic (exact) mass is 523 g/mol. The molecule has 10 nitrogen and oxygen atoms in total. The van der Waals surface area contributed by atoms with Crippen molar-refractivity contribution in [2.24, 2.45) is 5.73 Å². The van der Waals surface area contributed by atoms with Crippen LogP contribution in [0.15, 0.2) is 25.0 Å². The summed E-state index contributed by atoms with van der Waals surface area (Å²) in [5.41, 5.74) is 5.87. The number of methoxy groups -OCH3 is 1. The number of fused-ring (bicyclic) bond motifs is 1. The number of hydrogen-bond donors (Lipinski definition) is 2. The number of primary amides is 1. The van der Waals surface area contributed by atoms with Crippen LogP contribution in [0, 0.1) is 23.5 Å². The average molecular weight is 524 g/mol. The quantitative estimate of drug-likeness (QED) is 0.362. The lowest BCUT2D eigenvalue weighted by Crippen LogP contribution is -2.37. The Morgan fingerprint density at radius 1 is 1.29 bits per heavy atom. The molecule has 2 atom stereocenters. The molecule has 3 aromatic rings. The molecule has 5 rings (SSSR count). The first-order valence-electron chi connectivity index (χ1n) is 12.2. The molecule has 3 heterocycles. The summed E-state index contributed by atoms with van der Waals surface area (Å²) in [5, 5.41) is 7.44. The first-order chi connectivity index (χ1) is 18.3. The van der Waals surface area contributed by atoms with E-state index in [1.807, 2.05) is 0 Å². The molecule has 0 unspecified atom stereocenters. The second-order valence-corrected chi connectivity index (χ2v) is 9.38. The number of aromatic nitrogens is 4. The number of imidazole rings is 1. The van der Waals surface area contributed by atoms with Gasteiger partial charge in [0, 0.05) is 26.7 Å². The van der Waals surface area contributed by atoms with Crippen molar-refractivity contribution in [1.29, 1.82) is 0 Å². The fourth-order valence-electron chi connectivity index (χ4n) is 5.04. The van der Waals surface area contributed by atoms with E-state index >= 15 is 0 Å². The molecule has 2 aliphatic rings. The van der Waals surface area contributed by atoms with Crippen LogP contribution in [-0.2, 0) is 9.53 Å². The van der Waals surface area contributed by atoms with E-state index in [9.17, 15) is 18.4 Å². The minimum atomic E-state index is -1.10. The summed E-state index contributed by atoms with van der Waals surface area (Å²) < 4.78 is 38.4. The Balaban J connectivity index is 1.54. The molecule has 0 radical (unpaired) electrons. The lowest BCUT2D eigenvalue weighted by atomic mass is 10.1. The van der Waals surface area contributed by atoms with E-state index in [1.165, 1.54) is 18.5 Å². The van der Waals surface area contributed by atoms with Crippen LogP contribution in [-0.4, -0.2) is 69.4 Å². The van der Waals surface area contributed by atoms with Crippen molar-refractivity contribution in [2.75, 3.05) is 32.6 Å². The van der Waals surface area contributed by atoms with Gasteiger partial charge in [0.1, 0.15) is 16.9 Å². The van der Waals surface area contributed by atoms with E-state index in [-0.39, 0.29) is 46.4 Å². The maximum atomic E-state index is 15.0. The molecule has 198 valence electrons. The van der Waals surface area contributed by atoms with Gasteiger partial charge in [-0.15, -0.1) is 0 Å². The zero-order valence-corrected chi connectivity index (χ0v) is 21.0. The summed E-state index contributed by atoms with van der Waals surface area (Å²) in [6, 6.07) is 0.955. The second-order valence-electron chi connectivity index (χ2n) is 9.38. The highest BCUT2D eigenvalue weighted by atomic mass is 19.2. The van der Waals surface area contributed by atoms with Crippen LogP contribution >= 0.6 is 0 Å². The number of carbonyl (C=O) groups is 2. The number of hydrogen-bond acceptors (Lipinski definition) is 6. The van der Waals surface area contributed by atoms with Crippen molar-refractivity contribution in [3.63, 3.8) is 0 Å². The smallest absolute Gasteiger partial charge is 0.255 e. The third-order valence-electron chi connectivity index (χ3n) is 6.94. The van der Waals surface area contributed by atoms with Crippen LogP contribution < -0.4 is 11.1 Å². The predicted molar refractivity (Wildman–Crippen MR) is 135 cm³/mol. The van der Waals surface area contributed by atoms with E-state index < -0.39 is 17.5 Å². The molecule has 1 saturated carbocycles. The van der Waals surface area contributed by atoms with Crippen LogP contribution in [0.2, 0.25) is 0 Å². The van der Waals surface area contributed by atoms with Gasteiger partial charge in [-0.05, 0) is 37.3 Å². The van der Waals surface area contributed by atoms with Gasteiger partial charge in [-0.1, -0.05) is 12.5 Å². The van der Waals surface area contributed by atoms with Gasteiger partial charge < -0.3 is 25.3 Å². The number of anilines is 1. The molecule has 3 N–H and O–H groups in total. The fourth-order valence-corrected chi connectivity index (χ4v) is 5.04. The fraction of sp³-hybridized carbons (Fsp3) is 0.385. The molecule has 0 bridgehead atoms. The molecule has 2 amide bonds. The predicted octanol–water partition coefficient (Wildman–Crippen LogP) is 2.36. The minimum Gasteiger partial charge on any atom is -0.383 e. The summed E-state index contributed by atoms with van der Waals surface area (Å²) in [6.07, 6.45) is 5.03. The molecule has 12 heteroatoms. The molecule has 1 aliphatic carbocycles. The molecule has 1 aromatic carbocycles. The number of amides is 2. The van der Waals surface area contributed by atoms with Crippen molar-refractivity contribution >= 4 is 28.7 Å². The van der Waals surface area contributed by atoms with Gasteiger partial charge in [0.15, 0.2) is 17.3 Å². The third-order valence-corrected chi connectivity index (χ3v) is 6.94. The van der Waals surface area contributed by atoms with E-state index in [1.54, 1.807) is 28.3 Å². The highest BCUT2D eigenvalue weighted by Gasteiger charge is 2.38. The summed E-state index contributed by atoms with van der Waals surface area (Å²) >= 11 is 0. The van der Waals surface area contributed by atoms with Gasteiger partial charge in [0.05, 0.1) is 36.1 Å². The number of rotatable bonds is 7. The Kier molecular flexibility index (Phi) is 6.62. The summed E-state index contributed by atoms with van der Waals surface area (Å²) in [5.74, 6) is 2.46. The van der Waals surface area contributed by atoms with Gasteiger partial charge >= 0.3 is 0 Å². The molecule has 2 aromatic heterocycles. The number of ether oxygens (including phenoxy) is 1. The van der Waals surface area contributed by atoms with Gasteiger partial charge in [-0.3, -0.25) is 9.59 Å². The number of carbonyl (C=O) groups excluding carboxylic acids is 2. The summed E-state index contributed by atoms with van der Waals surface area (Å²) in [6.45, 7) is 4.16. The van der Waals surface area contributed by atoms with Crippen LogP contribution in [0.5, 0.6) is 0 Å². The highest BCUT2D eigenvalue weighted by Crippen LogP contribution is 2.38. The van der Waals surface area contributed by atoms with E-state index in [0.29, 0.717) is 30.9 Å². The number of halogens is 2.